The molecule has 4 fully saturated rings. The molecular formula is C56H60Cl4N10O11S4. The van der Waals surface area contributed by atoms with Crippen LogP contribution < -0.4 is 19.7 Å². The summed E-state index contributed by atoms with van der Waals surface area (Å²) in [7, 11) is -1.83. The molecule has 2 aliphatic heterocycles. The highest BCUT2D eigenvalue weighted by atomic mass is 35.5. The normalized spacial score (nSPS) is 16.2. The quantitative estimate of drug-likeness (QED) is 0.0764. The molecule has 8 aromatic rings. The maximum absolute atomic E-state index is 12.5. The third kappa shape index (κ3) is 14.9. The van der Waals surface area contributed by atoms with Gasteiger partial charge in [-0.3, -0.25) is 4.79 Å². The average Bonchev–Trinajstić information content (AvgIpc) is 2.88. The van der Waals surface area contributed by atoms with Crippen LogP contribution in [-0.4, -0.2) is 129 Å². The molecule has 4 aliphatic rings. The summed E-state index contributed by atoms with van der Waals surface area (Å²) >= 11 is 28.9. The van der Waals surface area contributed by atoms with Gasteiger partial charge in [0.2, 0.25) is 0 Å². The van der Waals surface area contributed by atoms with E-state index in [9.17, 15) is 31.5 Å². The number of aromatic nitrogens is 4. The fraction of sp³-hybridized carbons (Fsp3) is 0.393. The molecule has 0 spiro atoms. The standard InChI is InChI=1S/C28H29Cl2N5O5S2.C26H23Cl2N3O4S.C2H8N2O2S/c1-34(2)42(37,38)33-27(36)17-8-9-22-23(14-17)41-28(31-22)35-12-10-18(11-13-35)39-15-19-25(32-40-26(19)16-6-7-16)24-20(29)4-3-5-21(24)30;27-18-2-1-3-19(28)22(18)23-17(24(35-30-23)14-4-5-14)13-34-16-8-10-31(11-9-16)26-29-20-7-6-15(25(32)33)12-21(20)36-26;1-4(2)7(3,5)6/h3-5,8-9,14,16,18H,6-7,10-13,15H2,1-2H3,(H,33,36);1-3,6-7,12,14,16H,4-5,8-11,13H2,(H,32,33);1-2H3,(H2,3,5,6). The molecule has 85 heavy (non-hydrogen) atoms. The SMILES string of the molecule is CN(C)S(=O)(=O)NC(=O)c1ccc2nc(N3CCC(OCc4c(-c5c(Cl)cccc5Cl)noc4C4CC4)CC3)sc2c1.CN(C)S(N)(=O)=O.O=C(O)c1ccc2nc(N3CCC(OCc4c(-c5c(Cl)cccc5Cl)noc4C4CC4)CC3)sc2c1. The van der Waals surface area contributed by atoms with E-state index in [0.717, 1.165) is 139 Å². The van der Waals surface area contributed by atoms with Crippen molar-refractivity contribution in [3.63, 3.8) is 0 Å². The molecule has 4 N–H and O–H groups in total. The third-order valence-electron chi connectivity index (χ3n) is 14.8. The van der Waals surface area contributed by atoms with Gasteiger partial charge in [0.1, 0.15) is 22.9 Å². The number of carboxylic acids is 1. The summed E-state index contributed by atoms with van der Waals surface area (Å²) in [5.74, 6) is 0.872. The van der Waals surface area contributed by atoms with Crippen molar-refractivity contribution in [1.82, 2.24) is 33.6 Å². The molecule has 0 radical (unpaired) electrons. The highest BCUT2D eigenvalue weighted by Gasteiger charge is 2.36. The summed E-state index contributed by atoms with van der Waals surface area (Å²) in [6.45, 7) is 3.93. The molecule has 29 heteroatoms. The maximum Gasteiger partial charge on any atom is 0.335 e. The van der Waals surface area contributed by atoms with E-state index in [0.29, 0.717) is 67.7 Å². The number of thiazole rings is 2. The van der Waals surface area contributed by atoms with Gasteiger partial charge in [-0.15, -0.1) is 0 Å². The van der Waals surface area contributed by atoms with Gasteiger partial charge in [0, 0.05) is 94.0 Å². The highest BCUT2D eigenvalue weighted by molar-refractivity contribution is 7.87. The molecule has 0 bridgehead atoms. The Morgan fingerprint density at radius 3 is 1.39 bits per heavy atom. The van der Waals surface area contributed by atoms with Crippen molar-refractivity contribution in [1.29, 1.82) is 0 Å². The largest absolute Gasteiger partial charge is 0.478 e. The number of nitrogens with two attached hydrogens (primary N) is 1. The topological polar surface area (TPSA) is 270 Å². The summed E-state index contributed by atoms with van der Waals surface area (Å²) < 4.78 is 74.1. The number of anilines is 2. The first kappa shape index (κ1) is 62.5. The predicted molar refractivity (Wildman–Crippen MR) is 331 cm³/mol. The van der Waals surface area contributed by atoms with Crippen LogP contribution in [0.4, 0.5) is 10.3 Å². The van der Waals surface area contributed by atoms with E-state index in [2.05, 4.69) is 30.0 Å². The zero-order chi connectivity index (χ0) is 60.5. The lowest BCUT2D eigenvalue weighted by Crippen LogP contribution is -2.39. The Labute approximate surface area is 519 Å². The van der Waals surface area contributed by atoms with E-state index in [1.165, 1.54) is 50.9 Å². The van der Waals surface area contributed by atoms with E-state index < -0.39 is 32.3 Å². The molecule has 4 aromatic carbocycles. The second-order valence-electron chi connectivity index (χ2n) is 21.2. The second-order valence-corrected chi connectivity index (χ2v) is 28.5. The van der Waals surface area contributed by atoms with E-state index >= 15 is 0 Å². The Morgan fingerprint density at radius 2 is 1.02 bits per heavy atom. The van der Waals surface area contributed by atoms with Gasteiger partial charge in [-0.25, -0.2) is 24.6 Å². The summed E-state index contributed by atoms with van der Waals surface area (Å²) in [5, 5.41) is 26.4. The number of piperidine rings is 2. The van der Waals surface area contributed by atoms with Crippen LogP contribution in [0.25, 0.3) is 42.9 Å². The fourth-order valence-electron chi connectivity index (χ4n) is 9.56. The molecule has 2 aliphatic carbocycles. The van der Waals surface area contributed by atoms with E-state index in [1.807, 2.05) is 6.07 Å². The van der Waals surface area contributed by atoms with Gasteiger partial charge in [-0.05, 0) is 112 Å². The van der Waals surface area contributed by atoms with Crippen molar-refractivity contribution < 1.29 is 50.1 Å². The average molecular weight is 1320 g/mol. The predicted octanol–water partition coefficient (Wildman–Crippen LogP) is 11.6. The van der Waals surface area contributed by atoms with Gasteiger partial charge in [0.25, 0.3) is 16.1 Å². The molecule has 0 atom stereocenters. The number of ether oxygens (including phenoxy) is 2. The molecule has 1 amide bonds. The lowest BCUT2D eigenvalue weighted by Gasteiger charge is -2.31. The smallest absolute Gasteiger partial charge is 0.335 e. The van der Waals surface area contributed by atoms with Crippen LogP contribution in [0, 0.1) is 0 Å². The van der Waals surface area contributed by atoms with E-state index in [1.54, 1.807) is 66.7 Å². The van der Waals surface area contributed by atoms with Crippen molar-refractivity contribution in [2.75, 3.05) is 64.2 Å². The number of nitrogens with zero attached hydrogens (tertiary/aromatic N) is 8. The van der Waals surface area contributed by atoms with Gasteiger partial charge in [-0.1, -0.05) is 91.5 Å². The van der Waals surface area contributed by atoms with Crippen LogP contribution in [0.5, 0.6) is 0 Å². The van der Waals surface area contributed by atoms with Gasteiger partial charge in [-0.2, -0.15) is 25.4 Å². The molecule has 2 saturated heterocycles. The monoisotopic (exact) mass is 1320 g/mol. The van der Waals surface area contributed by atoms with Gasteiger partial charge < -0.3 is 33.4 Å². The Balaban J connectivity index is 0.000000171. The van der Waals surface area contributed by atoms with Crippen molar-refractivity contribution in [3.8, 4) is 22.5 Å². The number of rotatable bonds is 17. The van der Waals surface area contributed by atoms with Crippen molar-refractivity contribution in [2.24, 2.45) is 5.14 Å². The summed E-state index contributed by atoms with van der Waals surface area (Å²) in [4.78, 5) is 37.7. The molecule has 4 aromatic heterocycles. The van der Waals surface area contributed by atoms with Crippen molar-refractivity contribution >= 4 is 132 Å². The number of carbonyl (C=O) groups is 2. The Hall–Kier alpha value is -5.52. The molecule has 2 saturated carbocycles. The Bertz CT molecular complexity index is 3940. The van der Waals surface area contributed by atoms with Crippen molar-refractivity contribution in [2.45, 2.75) is 88.6 Å². The summed E-state index contributed by atoms with van der Waals surface area (Å²) in [6, 6.07) is 20.9. The minimum Gasteiger partial charge on any atom is -0.478 e. The first-order valence-electron chi connectivity index (χ1n) is 27.1. The number of carboxylic acid groups (broad SMARTS) is 1. The molecule has 6 heterocycles. The molecule has 452 valence electrons. The number of hydrogen-bond acceptors (Lipinski definition) is 18. The number of amides is 1. The van der Waals surface area contributed by atoms with Crippen molar-refractivity contribution in [3.05, 3.63) is 127 Å². The number of fused-ring (bicyclic) bond motifs is 2. The van der Waals surface area contributed by atoms with Gasteiger partial charge in [0.15, 0.2) is 10.3 Å². The number of aromatic carboxylic acids is 1. The number of hydrogen-bond donors (Lipinski definition) is 3. The zero-order valence-electron chi connectivity index (χ0n) is 46.5. The van der Waals surface area contributed by atoms with Crippen LogP contribution in [-0.2, 0) is 43.1 Å². The molecule has 12 rings (SSSR count). The van der Waals surface area contributed by atoms with Crippen LogP contribution in [0.2, 0.25) is 20.1 Å². The molecule has 21 nitrogen and oxygen atoms in total. The maximum atomic E-state index is 12.5. The van der Waals surface area contributed by atoms with Crippen LogP contribution in [0.3, 0.4) is 0 Å². The van der Waals surface area contributed by atoms with Gasteiger partial charge in [0.05, 0.1) is 71.5 Å². The lowest BCUT2D eigenvalue weighted by molar-refractivity contribution is 0.0245. The molecular weight excluding hydrogens is 1260 g/mol. The zero-order valence-corrected chi connectivity index (χ0v) is 52.8. The fourth-order valence-corrected chi connectivity index (χ4v) is 13.4. The van der Waals surface area contributed by atoms with Gasteiger partial charge >= 0.3 is 16.2 Å². The first-order chi connectivity index (χ1) is 40.5. The molecule has 0 unspecified atom stereocenters. The van der Waals surface area contributed by atoms with Crippen LogP contribution >= 0.6 is 69.1 Å². The minimum absolute atomic E-state index is 0.0566. The van der Waals surface area contributed by atoms with E-state index in [-0.39, 0.29) is 23.3 Å². The minimum atomic E-state index is -3.88. The van der Waals surface area contributed by atoms with E-state index in [4.69, 9.17) is 74.9 Å². The third-order valence-corrected chi connectivity index (χ3v) is 20.6. The second kappa shape index (κ2) is 26.4. The number of benzene rings is 4. The lowest BCUT2D eigenvalue weighted by atomic mass is 10.0. The first-order valence-corrected chi connectivity index (χ1v) is 33.2. The van der Waals surface area contributed by atoms with Crippen LogP contribution in [0.15, 0.2) is 81.8 Å². The highest BCUT2D eigenvalue weighted by Crippen LogP contribution is 2.48. The number of halogens is 4. The summed E-state index contributed by atoms with van der Waals surface area (Å²) in [6.07, 6.45) is 7.84. The van der Waals surface area contributed by atoms with Crippen LogP contribution in [0.1, 0.15) is 107 Å². The number of carbonyl (C=O) groups excluding carboxylic acids is 1. The summed E-state index contributed by atoms with van der Waals surface area (Å²) in [5.41, 5.74) is 6.64. The Kier molecular flexibility index (Phi) is 19.5. The number of nitrogens with one attached hydrogen (secondary N) is 1. The Morgan fingerprint density at radius 1 is 0.635 bits per heavy atom.